The van der Waals surface area contributed by atoms with Crippen LogP contribution in [0.4, 0.5) is 5.13 Å². The number of rotatable bonds is 5. The maximum atomic E-state index is 12.1. The molecule has 0 aliphatic heterocycles. The Labute approximate surface area is 124 Å². The van der Waals surface area contributed by atoms with Crippen molar-refractivity contribution in [3.63, 3.8) is 0 Å². The van der Waals surface area contributed by atoms with Crippen molar-refractivity contribution < 1.29 is 9.53 Å². The molecule has 0 saturated heterocycles. The van der Waals surface area contributed by atoms with Gasteiger partial charge in [0.2, 0.25) is 0 Å². The maximum Gasteiger partial charge on any atom is 0.315 e. The highest BCUT2D eigenvalue weighted by atomic mass is 32.1. The Morgan fingerprint density at radius 2 is 2.20 bits per heavy atom. The summed E-state index contributed by atoms with van der Waals surface area (Å²) < 4.78 is 5.21. The van der Waals surface area contributed by atoms with Crippen molar-refractivity contribution in [2.45, 2.75) is 57.9 Å². The molecule has 2 aliphatic rings. The van der Waals surface area contributed by atoms with Gasteiger partial charge in [0.1, 0.15) is 5.92 Å². The topological polar surface area (TPSA) is 42.4 Å². The summed E-state index contributed by atoms with van der Waals surface area (Å²) in [5, 5.41) is 1.11. The zero-order valence-corrected chi connectivity index (χ0v) is 13.0. The minimum atomic E-state index is -0.137. The van der Waals surface area contributed by atoms with Gasteiger partial charge in [-0.3, -0.25) is 4.79 Å². The van der Waals surface area contributed by atoms with E-state index in [9.17, 15) is 4.79 Å². The lowest BCUT2D eigenvalue weighted by Gasteiger charge is -2.19. The number of carbonyl (C=O) groups excluding carboxylic acids is 1. The SMILES string of the molecule is CCOC(=O)C1CCCc2sc(N(CC)C3CC3)nc21. The highest BCUT2D eigenvalue weighted by Gasteiger charge is 2.35. The van der Waals surface area contributed by atoms with Gasteiger partial charge >= 0.3 is 5.97 Å². The van der Waals surface area contributed by atoms with Gasteiger partial charge < -0.3 is 9.64 Å². The molecule has 0 spiro atoms. The van der Waals surface area contributed by atoms with E-state index in [2.05, 4.69) is 11.8 Å². The molecule has 0 amide bonds. The summed E-state index contributed by atoms with van der Waals surface area (Å²) in [6, 6.07) is 0.675. The third-order valence-electron chi connectivity index (χ3n) is 4.09. The molecule has 1 aromatic heterocycles. The van der Waals surface area contributed by atoms with E-state index in [-0.39, 0.29) is 11.9 Å². The lowest BCUT2D eigenvalue weighted by molar-refractivity contribution is -0.145. The van der Waals surface area contributed by atoms with E-state index in [1.807, 2.05) is 6.92 Å². The zero-order valence-electron chi connectivity index (χ0n) is 12.2. The molecule has 3 rings (SSSR count). The quantitative estimate of drug-likeness (QED) is 0.783. The van der Waals surface area contributed by atoms with E-state index in [4.69, 9.17) is 9.72 Å². The largest absolute Gasteiger partial charge is 0.465 e. The minimum absolute atomic E-state index is 0.0974. The van der Waals surface area contributed by atoms with Crippen LogP contribution in [0.15, 0.2) is 0 Å². The van der Waals surface area contributed by atoms with E-state index >= 15 is 0 Å². The van der Waals surface area contributed by atoms with Gasteiger partial charge in [-0.1, -0.05) is 0 Å². The first kappa shape index (κ1) is 13.9. The van der Waals surface area contributed by atoms with Gasteiger partial charge in [0.15, 0.2) is 5.13 Å². The molecular formula is C15H22N2O2S. The first-order chi connectivity index (χ1) is 9.74. The number of aromatic nitrogens is 1. The van der Waals surface area contributed by atoms with Gasteiger partial charge in [-0.25, -0.2) is 4.98 Å². The number of aryl methyl sites for hydroxylation is 1. The van der Waals surface area contributed by atoms with Crippen LogP contribution in [0.25, 0.3) is 0 Å². The number of hydrogen-bond donors (Lipinski definition) is 0. The molecule has 0 radical (unpaired) electrons. The number of anilines is 1. The Morgan fingerprint density at radius 1 is 1.40 bits per heavy atom. The second-order valence-corrected chi connectivity index (χ2v) is 6.58. The highest BCUT2D eigenvalue weighted by Crippen LogP contribution is 2.41. The van der Waals surface area contributed by atoms with E-state index in [1.54, 1.807) is 11.3 Å². The number of thiazole rings is 1. The van der Waals surface area contributed by atoms with E-state index < -0.39 is 0 Å². The Hall–Kier alpha value is -1.10. The third kappa shape index (κ3) is 2.55. The van der Waals surface area contributed by atoms with Crippen LogP contribution < -0.4 is 4.90 Å². The van der Waals surface area contributed by atoms with Crippen molar-refractivity contribution in [3.05, 3.63) is 10.6 Å². The average Bonchev–Trinajstić information content (AvgIpc) is 3.18. The van der Waals surface area contributed by atoms with Crippen LogP contribution in [0.5, 0.6) is 0 Å². The number of ether oxygens (including phenoxy) is 1. The van der Waals surface area contributed by atoms with Crippen LogP contribution in [-0.4, -0.2) is 30.1 Å². The van der Waals surface area contributed by atoms with Crippen LogP contribution in [-0.2, 0) is 16.0 Å². The second-order valence-electron chi connectivity index (χ2n) is 5.52. The molecule has 5 heteroatoms. The minimum Gasteiger partial charge on any atom is -0.465 e. The van der Waals surface area contributed by atoms with Crippen molar-refractivity contribution in [2.75, 3.05) is 18.1 Å². The van der Waals surface area contributed by atoms with Crippen molar-refractivity contribution in [1.82, 2.24) is 4.98 Å². The number of fused-ring (bicyclic) bond motifs is 1. The van der Waals surface area contributed by atoms with Gasteiger partial charge in [-0.05, 0) is 46.0 Å². The Balaban J connectivity index is 1.86. The van der Waals surface area contributed by atoms with E-state index in [1.165, 1.54) is 17.7 Å². The molecule has 1 fully saturated rings. The number of carbonyl (C=O) groups is 1. The molecule has 0 aromatic carbocycles. The fourth-order valence-corrected chi connectivity index (χ4v) is 4.24. The van der Waals surface area contributed by atoms with E-state index in [0.717, 1.165) is 36.6 Å². The average molecular weight is 294 g/mol. The molecule has 4 nitrogen and oxygen atoms in total. The van der Waals surface area contributed by atoms with Gasteiger partial charge in [-0.15, -0.1) is 11.3 Å². The molecule has 1 saturated carbocycles. The highest BCUT2D eigenvalue weighted by molar-refractivity contribution is 7.15. The number of esters is 1. The molecule has 0 bridgehead atoms. The molecule has 1 heterocycles. The van der Waals surface area contributed by atoms with Gasteiger partial charge in [-0.2, -0.15) is 0 Å². The number of hydrogen-bond acceptors (Lipinski definition) is 5. The Bertz CT molecular complexity index is 496. The zero-order chi connectivity index (χ0) is 14.1. The first-order valence-electron chi connectivity index (χ1n) is 7.67. The lowest BCUT2D eigenvalue weighted by Crippen LogP contribution is -2.25. The molecule has 2 aliphatic carbocycles. The summed E-state index contributed by atoms with van der Waals surface area (Å²) >= 11 is 1.78. The molecule has 110 valence electrons. The maximum absolute atomic E-state index is 12.1. The first-order valence-corrected chi connectivity index (χ1v) is 8.49. The predicted molar refractivity (Wildman–Crippen MR) is 80.5 cm³/mol. The predicted octanol–water partition coefficient (Wildman–Crippen LogP) is 3.11. The van der Waals surface area contributed by atoms with Crippen molar-refractivity contribution in [2.24, 2.45) is 0 Å². The molecule has 1 aromatic rings. The van der Waals surface area contributed by atoms with Gasteiger partial charge in [0.25, 0.3) is 0 Å². The van der Waals surface area contributed by atoms with Gasteiger partial charge in [0, 0.05) is 17.5 Å². The summed E-state index contributed by atoms with van der Waals surface area (Å²) in [6.07, 6.45) is 5.56. The molecule has 1 atom stereocenters. The molecule has 0 N–H and O–H groups in total. The van der Waals surface area contributed by atoms with Gasteiger partial charge in [0.05, 0.1) is 12.3 Å². The summed E-state index contributed by atoms with van der Waals surface area (Å²) in [7, 11) is 0. The van der Waals surface area contributed by atoms with Crippen LogP contribution >= 0.6 is 11.3 Å². The fraction of sp³-hybridized carbons (Fsp3) is 0.733. The summed E-state index contributed by atoms with van der Waals surface area (Å²) in [6.45, 7) is 5.49. The molecule has 20 heavy (non-hydrogen) atoms. The monoisotopic (exact) mass is 294 g/mol. The summed E-state index contributed by atoms with van der Waals surface area (Å²) in [5.41, 5.74) is 0.994. The van der Waals surface area contributed by atoms with Crippen LogP contribution in [0.3, 0.4) is 0 Å². The number of nitrogens with zero attached hydrogens (tertiary/aromatic N) is 2. The molecular weight excluding hydrogens is 272 g/mol. The lowest BCUT2D eigenvalue weighted by atomic mass is 9.91. The summed E-state index contributed by atoms with van der Waals surface area (Å²) in [4.78, 5) is 20.6. The van der Waals surface area contributed by atoms with Crippen molar-refractivity contribution in [3.8, 4) is 0 Å². The molecule has 1 unspecified atom stereocenters. The second kappa shape index (κ2) is 5.72. The van der Waals surface area contributed by atoms with Crippen molar-refractivity contribution in [1.29, 1.82) is 0 Å². The Kier molecular flexibility index (Phi) is 3.96. The van der Waals surface area contributed by atoms with Crippen LogP contribution in [0.1, 0.15) is 56.0 Å². The third-order valence-corrected chi connectivity index (χ3v) is 5.26. The fourth-order valence-electron chi connectivity index (χ4n) is 2.94. The van der Waals surface area contributed by atoms with Crippen LogP contribution in [0, 0.1) is 0 Å². The normalized spacial score (nSPS) is 21.4. The van der Waals surface area contributed by atoms with Crippen molar-refractivity contribution >= 4 is 22.4 Å². The smallest absolute Gasteiger partial charge is 0.315 e. The summed E-state index contributed by atoms with van der Waals surface area (Å²) in [5.74, 6) is -0.235. The van der Waals surface area contributed by atoms with E-state index in [0.29, 0.717) is 12.6 Å². The van der Waals surface area contributed by atoms with Crippen LogP contribution in [0.2, 0.25) is 0 Å². The Morgan fingerprint density at radius 3 is 2.85 bits per heavy atom. The standard InChI is InChI=1S/C15H22N2O2S/c1-3-17(10-8-9-10)15-16-13-11(14(18)19-4-2)6-5-7-12(13)20-15/h10-11H,3-9H2,1-2H3.